The maximum atomic E-state index is 4.87. The van der Waals surface area contributed by atoms with E-state index in [1.165, 1.54) is 19.3 Å². The van der Waals surface area contributed by atoms with E-state index < -0.39 is 0 Å². The van der Waals surface area contributed by atoms with Crippen LogP contribution in [0.25, 0.3) is 0 Å². The van der Waals surface area contributed by atoms with Crippen LogP contribution in [0.3, 0.4) is 0 Å². The molecule has 5 aliphatic carbocycles. The predicted molar refractivity (Wildman–Crippen MR) is 76.6 cm³/mol. The van der Waals surface area contributed by atoms with E-state index in [4.69, 9.17) is 25.3 Å². The van der Waals surface area contributed by atoms with Gasteiger partial charge in [-0.15, -0.1) is 0 Å². The summed E-state index contributed by atoms with van der Waals surface area (Å²) in [6.45, 7) is 0. The summed E-state index contributed by atoms with van der Waals surface area (Å²) in [7, 11) is 0. The van der Waals surface area contributed by atoms with Crippen molar-refractivity contribution in [1.29, 1.82) is 0 Å². The Labute approximate surface area is 115 Å². The summed E-state index contributed by atoms with van der Waals surface area (Å²) < 4.78 is 0. The van der Waals surface area contributed by atoms with Crippen LogP contribution in [0.1, 0.15) is 32.1 Å². The fourth-order valence-corrected chi connectivity index (χ4v) is 8.34. The van der Waals surface area contributed by atoms with Gasteiger partial charge in [-0.25, -0.2) is 0 Å². The van der Waals surface area contributed by atoms with Crippen molar-refractivity contribution in [2.24, 2.45) is 47.3 Å². The van der Waals surface area contributed by atoms with Gasteiger partial charge in [-0.1, -0.05) is 0 Å². The molecule has 0 heterocycles. The largest absolute Gasteiger partial charge is 0.176 e. The topological polar surface area (TPSA) is 0 Å². The average molecular weight is 266 g/mol. The molecule has 0 saturated heterocycles. The van der Waals surface area contributed by atoms with Crippen LogP contribution < -0.4 is 0 Å². The van der Waals surface area contributed by atoms with Crippen molar-refractivity contribution in [3.05, 3.63) is 0 Å². The fourth-order valence-electron chi connectivity index (χ4n) is 7.26. The lowest BCUT2D eigenvalue weighted by atomic mass is 9.64. The van der Waals surface area contributed by atoms with Gasteiger partial charge in [0, 0.05) is 10.5 Å². The van der Waals surface area contributed by atoms with E-state index in [-0.39, 0.29) is 0 Å². The first-order valence-corrected chi connectivity index (χ1v) is 8.63. The van der Waals surface area contributed by atoms with Crippen molar-refractivity contribution in [1.82, 2.24) is 0 Å². The molecule has 94 valence electrons. The Balaban J connectivity index is 1.53. The molecule has 10 unspecified atom stereocenters. The summed E-state index contributed by atoms with van der Waals surface area (Å²) in [6.07, 6.45) is 7.46. The molecule has 0 aliphatic heterocycles. The minimum atomic E-state index is 0.735. The quantitative estimate of drug-likeness (QED) is 0.486. The minimum absolute atomic E-state index is 0.735. The van der Waals surface area contributed by atoms with Crippen LogP contribution in [0, 0.1) is 47.3 Å². The van der Waals surface area contributed by atoms with E-state index in [1.54, 1.807) is 12.8 Å². The lowest BCUT2D eigenvalue weighted by molar-refractivity contribution is 0.0743. The van der Waals surface area contributed by atoms with Crippen LogP contribution in [0.5, 0.6) is 0 Å². The normalized spacial score (nSPS) is 70.9. The summed E-state index contributed by atoms with van der Waals surface area (Å²) in [5, 5.41) is 1.49. The summed E-state index contributed by atoms with van der Waals surface area (Å²) in [4.78, 5) is 0. The van der Waals surface area contributed by atoms with Crippen LogP contribution in [-0.4, -0.2) is 10.5 Å². The molecule has 0 N–H and O–H groups in total. The van der Waals surface area contributed by atoms with Gasteiger partial charge in [-0.3, -0.25) is 0 Å². The maximum Gasteiger partial charge on any atom is 0.00507 e. The Hall–Kier alpha value is 0.700. The highest BCUT2D eigenvalue weighted by atomic mass is 32.1. The third kappa shape index (κ3) is 1.12. The van der Waals surface area contributed by atoms with Gasteiger partial charge in [-0.2, -0.15) is 25.3 Å². The second-order valence-corrected chi connectivity index (χ2v) is 9.03. The molecule has 5 fully saturated rings. The molecule has 0 aromatic rings. The van der Waals surface area contributed by atoms with Crippen LogP contribution in [0.4, 0.5) is 0 Å². The van der Waals surface area contributed by atoms with Gasteiger partial charge >= 0.3 is 0 Å². The second-order valence-electron chi connectivity index (χ2n) is 7.63. The molecule has 2 heteroatoms. The monoisotopic (exact) mass is 266 g/mol. The minimum Gasteiger partial charge on any atom is -0.176 e. The number of rotatable bonds is 0. The first kappa shape index (κ1) is 10.5. The summed E-state index contributed by atoms with van der Waals surface area (Å²) in [5.74, 6) is 8.67. The maximum absolute atomic E-state index is 4.87. The Morgan fingerprint density at radius 1 is 0.588 bits per heavy atom. The first-order valence-electron chi connectivity index (χ1n) is 7.60. The van der Waals surface area contributed by atoms with E-state index in [9.17, 15) is 0 Å². The molecule has 0 radical (unpaired) electrons. The molecule has 0 aromatic heterocycles. The lowest BCUT2D eigenvalue weighted by Crippen LogP contribution is -2.39. The van der Waals surface area contributed by atoms with Gasteiger partial charge in [0.15, 0.2) is 0 Å². The molecular weight excluding hydrogens is 244 g/mol. The van der Waals surface area contributed by atoms with Crippen molar-refractivity contribution in [3.63, 3.8) is 0 Å². The number of hydrogen-bond acceptors (Lipinski definition) is 2. The van der Waals surface area contributed by atoms with Crippen molar-refractivity contribution in [2.75, 3.05) is 0 Å². The Morgan fingerprint density at radius 2 is 1.29 bits per heavy atom. The van der Waals surface area contributed by atoms with Crippen LogP contribution in [0.2, 0.25) is 0 Å². The molecule has 0 amide bonds. The fraction of sp³-hybridized carbons (Fsp3) is 1.00. The number of fused-ring (bicyclic) bond motifs is 12. The summed E-state index contributed by atoms with van der Waals surface area (Å²) in [5.41, 5.74) is 0. The van der Waals surface area contributed by atoms with Crippen LogP contribution in [0.15, 0.2) is 0 Å². The standard InChI is InChI=1S/C15H22S2/c16-7-3-8-9(4-7)11-5-10(8)14-6-1-12(15(11)14)13(17)2-6/h6-17H,1-5H2. The van der Waals surface area contributed by atoms with Crippen molar-refractivity contribution in [3.8, 4) is 0 Å². The second kappa shape index (κ2) is 3.23. The van der Waals surface area contributed by atoms with E-state index >= 15 is 0 Å². The SMILES string of the molecule is SC1CC2C(C1)C1CC2C2C3CC(S)C(C3)C12. The smallest absolute Gasteiger partial charge is 0.00507 e. The zero-order valence-electron chi connectivity index (χ0n) is 10.2. The van der Waals surface area contributed by atoms with Crippen molar-refractivity contribution >= 4 is 25.3 Å². The zero-order chi connectivity index (χ0) is 11.3. The van der Waals surface area contributed by atoms with E-state index in [1.807, 2.05) is 0 Å². The van der Waals surface area contributed by atoms with Gasteiger partial charge in [0.1, 0.15) is 0 Å². The molecule has 0 spiro atoms. The highest BCUT2D eigenvalue weighted by molar-refractivity contribution is 7.81. The van der Waals surface area contributed by atoms with Gasteiger partial charge in [0.05, 0.1) is 0 Å². The Bertz CT molecular complexity index is 368. The highest BCUT2D eigenvalue weighted by Gasteiger charge is 2.67. The molecular formula is C15H22S2. The number of thiol groups is 2. The average Bonchev–Trinajstić information content (AvgIpc) is 2.94. The Kier molecular flexibility index (Phi) is 1.99. The molecule has 0 aromatic carbocycles. The molecule has 5 aliphatic rings. The number of hydrogen-bond donors (Lipinski definition) is 2. The van der Waals surface area contributed by atoms with Crippen molar-refractivity contribution < 1.29 is 0 Å². The van der Waals surface area contributed by atoms with Gasteiger partial charge in [0.25, 0.3) is 0 Å². The summed E-state index contributed by atoms with van der Waals surface area (Å²) in [6, 6.07) is 0. The molecule has 5 rings (SSSR count). The lowest BCUT2D eigenvalue weighted by Gasteiger charge is -2.42. The highest BCUT2D eigenvalue weighted by Crippen LogP contribution is 2.73. The predicted octanol–water partition coefficient (Wildman–Crippen LogP) is 3.53. The zero-order valence-corrected chi connectivity index (χ0v) is 12.0. The first-order chi connectivity index (χ1) is 8.24. The van der Waals surface area contributed by atoms with E-state index in [0.29, 0.717) is 0 Å². The third-order valence-electron chi connectivity index (χ3n) is 7.37. The third-order valence-corrected chi connectivity index (χ3v) is 8.38. The summed E-state index contributed by atoms with van der Waals surface area (Å²) >= 11 is 9.65. The van der Waals surface area contributed by atoms with Crippen LogP contribution >= 0.6 is 25.3 Å². The van der Waals surface area contributed by atoms with Gasteiger partial charge < -0.3 is 0 Å². The molecule has 10 atom stereocenters. The molecule has 5 saturated carbocycles. The Morgan fingerprint density at radius 3 is 2.06 bits per heavy atom. The van der Waals surface area contributed by atoms with Gasteiger partial charge in [-0.05, 0) is 79.4 Å². The van der Waals surface area contributed by atoms with E-state index in [2.05, 4.69) is 0 Å². The van der Waals surface area contributed by atoms with Gasteiger partial charge in [0.2, 0.25) is 0 Å². The molecule has 4 bridgehead atoms. The van der Waals surface area contributed by atoms with Crippen LogP contribution in [-0.2, 0) is 0 Å². The van der Waals surface area contributed by atoms with E-state index in [0.717, 1.165) is 57.8 Å². The molecule has 0 nitrogen and oxygen atoms in total. The molecule has 17 heavy (non-hydrogen) atoms. The van der Waals surface area contributed by atoms with Crippen molar-refractivity contribution in [2.45, 2.75) is 42.6 Å².